The number of aromatic nitrogens is 2. The van der Waals surface area contributed by atoms with E-state index < -0.39 is 6.03 Å². The average Bonchev–Trinajstić information content (AvgIpc) is 2.87. The smallest absolute Gasteiger partial charge is 0.308 e. The zero-order chi connectivity index (χ0) is 20.5. The van der Waals surface area contributed by atoms with Gasteiger partial charge in [-0.3, -0.25) is 9.48 Å². The van der Waals surface area contributed by atoms with Crippen molar-refractivity contribution < 1.29 is 4.79 Å². The van der Waals surface area contributed by atoms with Gasteiger partial charge in [-0.1, -0.05) is 50.6 Å². The van der Waals surface area contributed by atoms with Gasteiger partial charge < -0.3 is 10.6 Å². The normalized spacial score (nSPS) is 11.3. The predicted molar refractivity (Wildman–Crippen MR) is 114 cm³/mol. The fraction of sp³-hybridized carbons (Fsp3) is 0.238. The third-order valence-corrected chi connectivity index (χ3v) is 4.57. The summed E-state index contributed by atoms with van der Waals surface area (Å²) in [5.41, 5.74) is 1.64. The number of amides is 2. The van der Waals surface area contributed by atoms with Crippen LogP contribution in [0.25, 0.3) is 5.69 Å². The minimum atomic E-state index is -0.490. The summed E-state index contributed by atoms with van der Waals surface area (Å²) in [6.07, 6.45) is 0. The molecule has 0 saturated heterocycles. The SMILES string of the molecule is Cn1c(C(C)(C)C)c(NC(=O)Nc2ccc(Cl)cc2)c(=O)n1-c1ccccc1. The molecule has 146 valence electrons. The largest absolute Gasteiger partial charge is 0.323 e. The van der Waals surface area contributed by atoms with Gasteiger partial charge in [0.05, 0.1) is 11.4 Å². The molecule has 0 aliphatic carbocycles. The topological polar surface area (TPSA) is 68.1 Å². The molecule has 0 aliphatic heterocycles. The molecule has 0 saturated carbocycles. The molecule has 0 unspecified atom stereocenters. The highest BCUT2D eigenvalue weighted by atomic mass is 35.5. The Balaban J connectivity index is 2.01. The first-order valence-electron chi connectivity index (χ1n) is 8.90. The molecular formula is C21H23ClN4O2. The summed E-state index contributed by atoms with van der Waals surface area (Å²) >= 11 is 5.87. The van der Waals surface area contributed by atoms with Crippen LogP contribution < -0.4 is 16.2 Å². The number of nitrogens with zero attached hydrogens (tertiary/aromatic N) is 2. The fourth-order valence-electron chi connectivity index (χ4n) is 3.25. The van der Waals surface area contributed by atoms with E-state index in [9.17, 15) is 9.59 Å². The van der Waals surface area contributed by atoms with Gasteiger partial charge in [-0.2, -0.15) is 0 Å². The highest BCUT2D eigenvalue weighted by molar-refractivity contribution is 6.30. The Bertz CT molecular complexity index is 1040. The summed E-state index contributed by atoms with van der Waals surface area (Å²) in [4.78, 5) is 25.7. The molecule has 2 N–H and O–H groups in total. The van der Waals surface area contributed by atoms with Gasteiger partial charge in [0.25, 0.3) is 5.56 Å². The number of hydrogen-bond acceptors (Lipinski definition) is 2. The lowest BCUT2D eigenvalue weighted by Crippen LogP contribution is -2.26. The van der Waals surface area contributed by atoms with Gasteiger partial charge in [-0.05, 0) is 36.4 Å². The van der Waals surface area contributed by atoms with Crippen molar-refractivity contribution in [2.24, 2.45) is 7.05 Å². The van der Waals surface area contributed by atoms with Crippen LogP contribution in [0.5, 0.6) is 0 Å². The second-order valence-electron chi connectivity index (χ2n) is 7.54. The summed E-state index contributed by atoms with van der Waals surface area (Å²) in [6, 6.07) is 15.6. The van der Waals surface area contributed by atoms with E-state index in [1.165, 1.54) is 0 Å². The van der Waals surface area contributed by atoms with E-state index in [1.54, 1.807) is 33.6 Å². The first-order valence-corrected chi connectivity index (χ1v) is 9.28. The Labute approximate surface area is 168 Å². The summed E-state index contributed by atoms with van der Waals surface area (Å²) in [5.74, 6) is 0. The van der Waals surface area contributed by atoms with E-state index in [1.807, 2.05) is 58.2 Å². The summed E-state index contributed by atoms with van der Waals surface area (Å²) < 4.78 is 3.34. The first-order chi connectivity index (χ1) is 13.2. The van der Waals surface area contributed by atoms with Crippen LogP contribution in [0.1, 0.15) is 26.5 Å². The molecule has 1 aromatic heterocycles. The Morgan fingerprint density at radius 3 is 2.14 bits per heavy atom. The average molecular weight is 399 g/mol. The molecule has 0 atom stereocenters. The number of anilines is 2. The van der Waals surface area contributed by atoms with Gasteiger partial charge in [-0.25, -0.2) is 9.48 Å². The maximum atomic E-state index is 13.2. The number of para-hydroxylation sites is 1. The molecule has 0 fully saturated rings. The van der Waals surface area contributed by atoms with E-state index in [0.717, 1.165) is 11.4 Å². The highest BCUT2D eigenvalue weighted by Gasteiger charge is 2.29. The Kier molecular flexibility index (Phi) is 5.34. The van der Waals surface area contributed by atoms with E-state index in [0.29, 0.717) is 10.7 Å². The molecule has 0 bridgehead atoms. The van der Waals surface area contributed by atoms with Crippen molar-refractivity contribution in [1.82, 2.24) is 9.36 Å². The Hall–Kier alpha value is -2.99. The van der Waals surface area contributed by atoms with Crippen molar-refractivity contribution in [2.45, 2.75) is 26.2 Å². The number of carbonyl (C=O) groups excluding carboxylic acids is 1. The molecule has 1 heterocycles. The zero-order valence-corrected chi connectivity index (χ0v) is 17.0. The number of halogens is 1. The van der Waals surface area contributed by atoms with Crippen LogP contribution in [-0.2, 0) is 12.5 Å². The van der Waals surface area contributed by atoms with E-state index in [-0.39, 0.29) is 16.7 Å². The maximum absolute atomic E-state index is 13.2. The summed E-state index contributed by atoms with van der Waals surface area (Å²) in [5, 5.41) is 6.05. The van der Waals surface area contributed by atoms with E-state index in [4.69, 9.17) is 11.6 Å². The fourth-order valence-corrected chi connectivity index (χ4v) is 3.37. The Morgan fingerprint density at radius 2 is 1.57 bits per heavy atom. The standard InChI is InChI=1S/C21H23ClN4O2/c1-21(2,3)18-17(24-20(28)23-15-12-10-14(22)11-13-15)19(27)26(25(18)4)16-8-6-5-7-9-16/h5-13H,1-4H3,(H2,23,24,28). The second-order valence-corrected chi connectivity index (χ2v) is 7.97. The number of urea groups is 1. The van der Waals surface area contributed by atoms with E-state index in [2.05, 4.69) is 10.6 Å². The molecule has 3 aromatic rings. The van der Waals surface area contributed by atoms with Crippen molar-refractivity contribution in [1.29, 1.82) is 0 Å². The lowest BCUT2D eigenvalue weighted by atomic mass is 9.91. The minimum absolute atomic E-state index is 0.255. The third-order valence-electron chi connectivity index (χ3n) is 4.32. The molecule has 2 amide bonds. The molecule has 0 radical (unpaired) electrons. The van der Waals surface area contributed by atoms with Crippen molar-refractivity contribution in [3.8, 4) is 5.69 Å². The third kappa shape index (κ3) is 3.97. The van der Waals surface area contributed by atoms with Crippen LogP contribution in [-0.4, -0.2) is 15.4 Å². The van der Waals surface area contributed by atoms with Crippen molar-refractivity contribution in [3.63, 3.8) is 0 Å². The summed E-state index contributed by atoms with van der Waals surface area (Å²) in [6.45, 7) is 6.00. The van der Waals surface area contributed by atoms with Crippen LogP contribution in [0.2, 0.25) is 5.02 Å². The first kappa shape index (κ1) is 19.8. The predicted octanol–water partition coefficient (Wildman–Crippen LogP) is 4.77. The number of hydrogen-bond donors (Lipinski definition) is 2. The van der Waals surface area contributed by atoms with Crippen LogP contribution in [0.4, 0.5) is 16.2 Å². The molecular weight excluding hydrogens is 376 g/mol. The molecule has 2 aromatic carbocycles. The van der Waals surface area contributed by atoms with Crippen LogP contribution >= 0.6 is 11.6 Å². The lowest BCUT2D eigenvalue weighted by Gasteiger charge is -2.22. The molecule has 28 heavy (non-hydrogen) atoms. The number of rotatable bonds is 3. The van der Waals surface area contributed by atoms with Gasteiger partial charge in [-0.15, -0.1) is 0 Å². The van der Waals surface area contributed by atoms with Crippen LogP contribution in [0.3, 0.4) is 0 Å². The molecule has 6 nitrogen and oxygen atoms in total. The maximum Gasteiger partial charge on any atom is 0.323 e. The van der Waals surface area contributed by atoms with Gasteiger partial charge in [0.15, 0.2) is 0 Å². The highest BCUT2D eigenvalue weighted by Crippen LogP contribution is 2.28. The van der Waals surface area contributed by atoms with Crippen LogP contribution in [0, 0.1) is 0 Å². The van der Waals surface area contributed by atoms with E-state index >= 15 is 0 Å². The zero-order valence-electron chi connectivity index (χ0n) is 16.3. The number of carbonyl (C=O) groups is 1. The van der Waals surface area contributed by atoms with Crippen LogP contribution in [0.15, 0.2) is 59.4 Å². The minimum Gasteiger partial charge on any atom is -0.308 e. The quantitative estimate of drug-likeness (QED) is 0.667. The van der Waals surface area contributed by atoms with Gasteiger partial charge >= 0.3 is 6.03 Å². The van der Waals surface area contributed by atoms with Crippen molar-refractivity contribution >= 4 is 29.0 Å². The Morgan fingerprint density at radius 1 is 0.964 bits per heavy atom. The van der Waals surface area contributed by atoms with Gasteiger partial charge in [0.1, 0.15) is 5.69 Å². The molecule has 0 aliphatic rings. The monoisotopic (exact) mass is 398 g/mol. The molecule has 0 spiro atoms. The van der Waals surface area contributed by atoms with Gasteiger partial charge in [0.2, 0.25) is 0 Å². The molecule has 3 rings (SSSR count). The summed E-state index contributed by atoms with van der Waals surface area (Å²) in [7, 11) is 1.82. The number of nitrogens with one attached hydrogen (secondary N) is 2. The number of benzene rings is 2. The van der Waals surface area contributed by atoms with Crippen molar-refractivity contribution in [3.05, 3.63) is 75.7 Å². The van der Waals surface area contributed by atoms with Crippen molar-refractivity contribution in [2.75, 3.05) is 10.6 Å². The lowest BCUT2D eigenvalue weighted by molar-refractivity contribution is 0.262. The van der Waals surface area contributed by atoms with Gasteiger partial charge in [0, 0.05) is 23.2 Å². The second kappa shape index (κ2) is 7.56. The molecule has 7 heteroatoms.